The molecule has 0 aliphatic heterocycles. The van der Waals surface area contributed by atoms with E-state index in [1.807, 2.05) is 66.7 Å². The summed E-state index contributed by atoms with van der Waals surface area (Å²) in [5.74, 6) is 2.00. The van der Waals surface area contributed by atoms with Gasteiger partial charge in [-0.25, -0.2) is 19.9 Å². The molecule has 9 aromatic rings. The van der Waals surface area contributed by atoms with Gasteiger partial charge in [-0.15, -0.1) is 22.7 Å². The molecule has 4 nitrogen and oxygen atoms in total. The van der Waals surface area contributed by atoms with Crippen LogP contribution in [0.15, 0.2) is 146 Å². The van der Waals surface area contributed by atoms with Gasteiger partial charge in [0.2, 0.25) is 0 Å². The number of thiazole rings is 1. The van der Waals surface area contributed by atoms with E-state index < -0.39 is 0 Å². The Kier molecular flexibility index (Phi) is 6.47. The second kappa shape index (κ2) is 11.1. The van der Waals surface area contributed by atoms with Crippen LogP contribution in [0.1, 0.15) is 0 Å². The molecule has 0 spiro atoms. The molecule has 3 aromatic heterocycles. The molecule has 6 heteroatoms. The highest BCUT2D eigenvalue weighted by Crippen LogP contribution is 2.41. The average Bonchev–Trinajstić information content (AvgIpc) is 3.73. The van der Waals surface area contributed by atoms with Crippen molar-refractivity contribution < 1.29 is 0 Å². The van der Waals surface area contributed by atoms with Crippen molar-refractivity contribution in [2.75, 3.05) is 0 Å². The van der Waals surface area contributed by atoms with Crippen molar-refractivity contribution >= 4 is 53.1 Å². The Bertz CT molecular complexity index is 2460. The number of aromatic nitrogens is 4. The van der Waals surface area contributed by atoms with Gasteiger partial charge in [0.25, 0.3) is 0 Å². The van der Waals surface area contributed by atoms with Gasteiger partial charge in [-0.1, -0.05) is 121 Å². The van der Waals surface area contributed by atoms with E-state index in [0.717, 1.165) is 38.3 Å². The van der Waals surface area contributed by atoms with Gasteiger partial charge in [0.05, 0.1) is 10.2 Å². The molecule has 0 fully saturated rings. The molecule has 0 unspecified atom stereocenters. The van der Waals surface area contributed by atoms with Crippen LogP contribution >= 0.6 is 22.7 Å². The predicted molar refractivity (Wildman–Crippen MR) is 193 cm³/mol. The number of benzene rings is 6. The van der Waals surface area contributed by atoms with Crippen LogP contribution in [0.25, 0.3) is 86.3 Å². The fourth-order valence-corrected chi connectivity index (χ4v) is 8.10. The first kappa shape index (κ1) is 26.8. The third-order valence-electron chi connectivity index (χ3n) is 8.18. The minimum atomic E-state index is 0.665. The largest absolute Gasteiger partial charge is 0.236 e. The standard InChI is InChI=1S/C40H24N4S2/c1-4-11-25(12-5-1)37-42-38(26-13-6-2-7-14-26)44-39(43-37)32-18-10-17-31-30-21-19-29(24-35(30)45-36(31)32)28-20-22-34-33(23-28)41-40(46-34)27-15-8-3-9-16-27/h1-24H. The van der Waals surface area contributed by atoms with Crippen LogP contribution in [0.3, 0.4) is 0 Å². The molecule has 0 atom stereocenters. The molecule has 0 saturated heterocycles. The maximum absolute atomic E-state index is 5.02. The molecular formula is C40H24N4S2. The summed E-state index contributed by atoms with van der Waals surface area (Å²) in [6, 6.07) is 50.4. The van der Waals surface area contributed by atoms with Crippen molar-refractivity contribution in [3.8, 4) is 55.9 Å². The van der Waals surface area contributed by atoms with Crippen molar-refractivity contribution in [3.63, 3.8) is 0 Å². The first-order valence-electron chi connectivity index (χ1n) is 15.1. The molecule has 46 heavy (non-hydrogen) atoms. The third-order valence-corrected chi connectivity index (χ3v) is 10.5. The summed E-state index contributed by atoms with van der Waals surface area (Å²) in [6.45, 7) is 0. The maximum Gasteiger partial charge on any atom is 0.165 e. The number of hydrogen-bond donors (Lipinski definition) is 0. The van der Waals surface area contributed by atoms with E-state index in [-0.39, 0.29) is 0 Å². The number of nitrogens with zero attached hydrogens (tertiary/aromatic N) is 4. The minimum absolute atomic E-state index is 0.665. The monoisotopic (exact) mass is 624 g/mol. The average molecular weight is 625 g/mol. The van der Waals surface area contributed by atoms with Gasteiger partial charge in [0, 0.05) is 42.4 Å². The number of hydrogen-bond acceptors (Lipinski definition) is 6. The highest BCUT2D eigenvalue weighted by atomic mass is 32.1. The Labute approximate surface area is 273 Å². The van der Waals surface area contributed by atoms with E-state index >= 15 is 0 Å². The van der Waals surface area contributed by atoms with Crippen molar-refractivity contribution in [1.29, 1.82) is 0 Å². The lowest BCUT2D eigenvalue weighted by atomic mass is 10.0. The van der Waals surface area contributed by atoms with Crippen molar-refractivity contribution in [2.45, 2.75) is 0 Å². The predicted octanol–water partition coefficient (Wildman–Crippen LogP) is 11.2. The van der Waals surface area contributed by atoms with E-state index in [4.69, 9.17) is 19.9 Å². The lowest BCUT2D eigenvalue weighted by Gasteiger charge is -2.09. The zero-order valence-electron chi connectivity index (χ0n) is 24.5. The van der Waals surface area contributed by atoms with Crippen LogP contribution in [0.2, 0.25) is 0 Å². The number of rotatable bonds is 5. The second-order valence-electron chi connectivity index (χ2n) is 11.1. The summed E-state index contributed by atoms with van der Waals surface area (Å²) in [5.41, 5.74) is 7.45. The zero-order chi connectivity index (χ0) is 30.5. The highest BCUT2D eigenvalue weighted by Gasteiger charge is 2.17. The van der Waals surface area contributed by atoms with Crippen LogP contribution in [-0.2, 0) is 0 Å². The van der Waals surface area contributed by atoms with E-state index in [0.29, 0.717) is 17.5 Å². The van der Waals surface area contributed by atoms with Crippen molar-refractivity contribution in [3.05, 3.63) is 146 Å². The van der Waals surface area contributed by atoms with E-state index in [9.17, 15) is 0 Å². The highest BCUT2D eigenvalue weighted by molar-refractivity contribution is 7.26. The fourth-order valence-electron chi connectivity index (χ4n) is 5.89. The van der Waals surface area contributed by atoms with Gasteiger partial charge in [-0.05, 0) is 35.4 Å². The Morgan fingerprint density at radius 1 is 0.370 bits per heavy atom. The molecule has 3 heterocycles. The molecule has 0 amide bonds. The maximum atomic E-state index is 5.02. The summed E-state index contributed by atoms with van der Waals surface area (Å²) < 4.78 is 3.59. The van der Waals surface area contributed by atoms with Gasteiger partial charge in [0.15, 0.2) is 17.5 Å². The van der Waals surface area contributed by atoms with Gasteiger partial charge in [-0.3, -0.25) is 0 Å². The summed E-state index contributed by atoms with van der Waals surface area (Å²) in [4.78, 5) is 19.9. The van der Waals surface area contributed by atoms with Crippen LogP contribution < -0.4 is 0 Å². The van der Waals surface area contributed by atoms with Gasteiger partial charge >= 0.3 is 0 Å². The molecule has 0 N–H and O–H groups in total. The first-order valence-corrected chi connectivity index (χ1v) is 16.7. The molecule has 0 aliphatic rings. The molecule has 0 aliphatic carbocycles. The number of fused-ring (bicyclic) bond motifs is 4. The second-order valence-corrected chi connectivity index (χ2v) is 13.2. The van der Waals surface area contributed by atoms with Gasteiger partial charge < -0.3 is 0 Å². The zero-order valence-corrected chi connectivity index (χ0v) is 26.1. The van der Waals surface area contributed by atoms with E-state index in [1.165, 1.54) is 30.4 Å². The van der Waals surface area contributed by atoms with Gasteiger partial charge in [0.1, 0.15) is 5.01 Å². The smallest absolute Gasteiger partial charge is 0.165 e. The molecule has 0 saturated carbocycles. The Balaban J connectivity index is 1.16. The van der Waals surface area contributed by atoms with Crippen LogP contribution in [0, 0.1) is 0 Å². The van der Waals surface area contributed by atoms with E-state index in [2.05, 4.69) is 78.9 Å². The topological polar surface area (TPSA) is 51.6 Å². The van der Waals surface area contributed by atoms with Crippen LogP contribution in [0.5, 0.6) is 0 Å². The van der Waals surface area contributed by atoms with E-state index in [1.54, 1.807) is 22.7 Å². The molecular weight excluding hydrogens is 601 g/mol. The van der Waals surface area contributed by atoms with Crippen LogP contribution in [-0.4, -0.2) is 19.9 Å². The first-order chi connectivity index (χ1) is 22.8. The quantitative estimate of drug-likeness (QED) is 0.191. The van der Waals surface area contributed by atoms with Crippen LogP contribution in [0.4, 0.5) is 0 Å². The Morgan fingerprint density at radius 2 is 0.978 bits per heavy atom. The summed E-state index contributed by atoms with van der Waals surface area (Å²) >= 11 is 3.52. The fraction of sp³-hybridized carbons (Fsp3) is 0. The molecule has 9 rings (SSSR count). The van der Waals surface area contributed by atoms with Gasteiger partial charge in [-0.2, -0.15) is 0 Å². The molecule has 0 bridgehead atoms. The Morgan fingerprint density at radius 3 is 1.67 bits per heavy atom. The molecule has 0 radical (unpaired) electrons. The third kappa shape index (κ3) is 4.76. The number of thiophene rings is 1. The molecule has 216 valence electrons. The van der Waals surface area contributed by atoms with Crippen molar-refractivity contribution in [1.82, 2.24) is 19.9 Å². The molecule has 6 aromatic carbocycles. The summed E-state index contributed by atoms with van der Waals surface area (Å²) in [6.07, 6.45) is 0. The minimum Gasteiger partial charge on any atom is -0.236 e. The summed E-state index contributed by atoms with van der Waals surface area (Å²) in [5, 5.41) is 3.48. The summed E-state index contributed by atoms with van der Waals surface area (Å²) in [7, 11) is 0. The normalized spacial score (nSPS) is 11.5. The lowest BCUT2D eigenvalue weighted by Crippen LogP contribution is -2.00. The lowest BCUT2D eigenvalue weighted by molar-refractivity contribution is 1.08. The Hall–Kier alpha value is -5.56. The SMILES string of the molecule is c1ccc(-c2nc(-c3ccccc3)nc(-c3cccc4c3sc3cc(-c5ccc6sc(-c7ccccc7)nc6c5)ccc34)n2)cc1. The van der Waals surface area contributed by atoms with Crippen molar-refractivity contribution in [2.24, 2.45) is 0 Å².